The van der Waals surface area contributed by atoms with Crippen molar-refractivity contribution < 1.29 is 76.1 Å². The second kappa shape index (κ2) is 41.9. The lowest BCUT2D eigenvalue weighted by molar-refractivity contribution is -0.148. The van der Waals surface area contributed by atoms with Crippen LogP contribution in [0.3, 0.4) is 0 Å². The van der Waals surface area contributed by atoms with Crippen LogP contribution in [0.5, 0.6) is 0 Å². The zero-order valence-electron chi connectivity index (χ0n) is 50.1. The average Bonchev–Trinajstić information content (AvgIpc) is 3.92. The first-order valence-corrected chi connectivity index (χ1v) is 28.4. The fourth-order valence-electron chi connectivity index (χ4n) is 9.53. The summed E-state index contributed by atoms with van der Waals surface area (Å²) in [6, 6.07) is 6.34. The fourth-order valence-corrected chi connectivity index (χ4v) is 9.53. The summed E-state index contributed by atoms with van der Waals surface area (Å²) in [4.78, 5) is 72.8. The van der Waals surface area contributed by atoms with Gasteiger partial charge >= 0.3 is 6.09 Å². The Hall–Kier alpha value is -4.07. The van der Waals surface area contributed by atoms with E-state index in [-0.39, 0.29) is 61.0 Å². The molecule has 0 aromatic heterocycles. The molecule has 10 atom stereocenters. The third-order valence-corrected chi connectivity index (χ3v) is 14.1. The highest BCUT2D eigenvalue weighted by Gasteiger charge is 2.43. The van der Waals surface area contributed by atoms with Crippen molar-refractivity contribution in [3.63, 3.8) is 0 Å². The molecule has 1 aliphatic rings. The van der Waals surface area contributed by atoms with Crippen LogP contribution in [0.2, 0.25) is 0 Å². The minimum atomic E-state index is -0.842. The molecule has 5 amide bonds. The maximum absolute atomic E-state index is 14.4. The summed E-state index contributed by atoms with van der Waals surface area (Å²) in [7, 11) is 8.16. The van der Waals surface area contributed by atoms with E-state index in [1.807, 2.05) is 71.9 Å². The van der Waals surface area contributed by atoms with E-state index in [0.29, 0.717) is 124 Å². The van der Waals surface area contributed by atoms with Crippen LogP contribution in [0.15, 0.2) is 30.3 Å². The van der Waals surface area contributed by atoms with Gasteiger partial charge in [0.25, 0.3) is 0 Å². The Morgan fingerprint density at radius 3 is 1.62 bits per heavy atom. The number of nitrogens with one attached hydrogen (secondary N) is 4. The number of hydrogen-bond acceptors (Lipinski definition) is 17. The predicted molar refractivity (Wildman–Crippen MR) is 299 cm³/mol. The van der Waals surface area contributed by atoms with E-state index in [2.05, 4.69) is 21.3 Å². The molecule has 0 saturated carbocycles. The molecule has 79 heavy (non-hydrogen) atoms. The number of carbonyl (C=O) groups is 5. The van der Waals surface area contributed by atoms with E-state index in [1.165, 1.54) is 7.11 Å². The van der Waals surface area contributed by atoms with Crippen molar-refractivity contribution in [2.75, 3.05) is 148 Å². The van der Waals surface area contributed by atoms with Crippen molar-refractivity contribution in [1.82, 2.24) is 31.1 Å². The van der Waals surface area contributed by atoms with E-state index < -0.39 is 60.5 Å². The highest BCUT2D eigenvalue weighted by molar-refractivity contribution is 5.90. The van der Waals surface area contributed by atoms with Gasteiger partial charge in [0.15, 0.2) is 0 Å². The molecule has 1 aromatic carbocycles. The van der Waals surface area contributed by atoms with Gasteiger partial charge in [-0.1, -0.05) is 85.2 Å². The first-order chi connectivity index (χ1) is 38.0. The molecule has 0 radical (unpaired) electrons. The van der Waals surface area contributed by atoms with Crippen LogP contribution in [0.4, 0.5) is 4.79 Å². The molecule has 0 aliphatic carbocycles. The predicted octanol–water partition coefficient (Wildman–Crippen LogP) is 4.03. The van der Waals surface area contributed by atoms with Gasteiger partial charge in [-0.25, -0.2) is 4.79 Å². The molecular weight excluding hydrogens is 1020 g/mol. The Morgan fingerprint density at radius 2 is 1.16 bits per heavy atom. The summed E-state index contributed by atoms with van der Waals surface area (Å²) in [6.07, 6.45) is -0.839. The van der Waals surface area contributed by atoms with Gasteiger partial charge in [0, 0.05) is 41.5 Å². The molecule has 22 heteroatoms. The topological polar surface area (TPSA) is 241 Å². The van der Waals surface area contributed by atoms with Gasteiger partial charge < -0.3 is 83.2 Å². The van der Waals surface area contributed by atoms with Crippen LogP contribution in [0.1, 0.15) is 92.7 Å². The molecule has 456 valence electrons. The van der Waals surface area contributed by atoms with Crippen LogP contribution < -0.4 is 21.3 Å². The molecule has 1 saturated heterocycles. The SMILES string of the molecule is CC[C@H](C)[C@@H]([C@@H](CC(=O)N1CCC[C@H]1[C@H](OC)[C@@H](C)C(=O)N[C@H](C)[C@@H](OC(=O)NCCOCCOCCOCCOCCOCCOCCOCCOC)c1ccccc1)OC)N(C)C(=O)[C@@H](NC(=O)[C@@H](NC)C(C)C)C(C)C. The van der Waals surface area contributed by atoms with Crippen LogP contribution in [-0.4, -0.2) is 230 Å². The van der Waals surface area contributed by atoms with Gasteiger partial charge in [-0.2, -0.15) is 0 Å². The molecular formula is C57H102N6O16. The van der Waals surface area contributed by atoms with Gasteiger partial charge in [-0.3, -0.25) is 19.2 Å². The number of nitrogens with zero attached hydrogens (tertiary/aromatic N) is 2. The second-order valence-corrected chi connectivity index (χ2v) is 20.6. The van der Waals surface area contributed by atoms with Gasteiger partial charge in [0.2, 0.25) is 23.6 Å². The van der Waals surface area contributed by atoms with Crippen LogP contribution in [0, 0.1) is 23.7 Å². The molecule has 2 rings (SSSR count). The number of rotatable bonds is 45. The first kappa shape index (κ1) is 71.0. The summed E-state index contributed by atoms with van der Waals surface area (Å²) in [5, 5.41) is 11.8. The Labute approximate surface area is 472 Å². The van der Waals surface area contributed by atoms with E-state index in [1.54, 1.807) is 52.0 Å². The van der Waals surface area contributed by atoms with Crippen LogP contribution in [-0.2, 0) is 71.3 Å². The van der Waals surface area contributed by atoms with E-state index in [4.69, 9.17) is 52.1 Å². The minimum absolute atomic E-state index is 0.00812. The van der Waals surface area contributed by atoms with Crippen molar-refractivity contribution in [1.29, 1.82) is 0 Å². The lowest BCUT2D eigenvalue weighted by Gasteiger charge is -2.41. The number of hydrogen-bond donors (Lipinski definition) is 4. The van der Waals surface area contributed by atoms with E-state index in [9.17, 15) is 24.0 Å². The molecule has 1 aliphatic heterocycles. The zero-order valence-corrected chi connectivity index (χ0v) is 50.1. The van der Waals surface area contributed by atoms with Crippen molar-refractivity contribution in [2.24, 2.45) is 23.7 Å². The Morgan fingerprint density at radius 1 is 0.658 bits per heavy atom. The lowest BCUT2D eigenvalue weighted by Crippen LogP contribution is -2.59. The highest BCUT2D eigenvalue weighted by Crippen LogP contribution is 2.30. The maximum atomic E-state index is 14.4. The van der Waals surface area contributed by atoms with Crippen molar-refractivity contribution >= 4 is 29.7 Å². The molecule has 1 aromatic rings. The smallest absolute Gasteiger partial charge is 0.407 e. The normalized spacial score (nSPS) is 17.1. The number of carbonyl (C=O) groups excluding carboxylic acids is 5. The van der Waals surface area contributed by atoms with Crippen LogP contribution >= 0.6 is 0 Å². The largest absolute Gasteiger partial charge is 0.439 e. The number of methoxy groups -OCH3 is 3. The van der Waals surface area contributed by atoms with Gasteiger partial charge in [-0.15, -0.1) is 0 Å². The Bertz CT molecular complexity index is 1800. The number of alkyl carbamates (subject to hydrolysis) is 1. The summed E-state index contributed by atoms with van der Waals surface area (Å²) in [6.45, 7) is 22.6. The first-order valence-electron chi connectivity index (χ1n) is 28.4. The average molecular weight is 1130 g/mol. The van der Waals surface area contributed by atoms with Gasteiger partial charge in [0.1, 0.15) is 12.1 Å². The lowest BCUT2D eigenvalue weighted by atomic mass is 9.89. The zero-order chi connectivity index (χ0) is 58.5. The molecule has 1 heterocycles. The maximum Gasteiger partial charge on any atom is 0.407 e. The molecule has 0 unspecified atom stereocenters. The minimum Gasteiger partial charge on any atom is -0.439 e. The third kappa shape index (κ3) is 26.6. The number of likely N-dealkylation sites (tertiary alicyclic amines) is 1. The summed E-state index contributed by atoms with van der Waals surface area (Å²) in [5.74, 6) is -1.99. The fraction of sp³-hybridized carbons (Fsp3) is 0.807. The Kier molecular flexibility index (Phi) is 37.6. The van der Waals surface area contributed by atoms with Gasteiger partial charge in [0.05, 0.1) is 148 Å². The molecule has 22 nitrogen and oxygen atoms in total. The molecule has 0 spiro atoms. The number of benzene rings is 1. The Balaban J connectivity index is 1.87. The van der Waals surface area contributed by atoms with Crippen molar-refractivity contribution in [3.05, 3.63) is 35.9 Å². The molecule has 1 fully saturated rings. The molecule has 4 N–H and O–H groups in total. The van der Waals surface area contributed by atoms with Gasteiger partial charge in [-0.05, 0) is 50.1 Å². The standard InChI is InChI=1S/C57H102N6O16/c1-14-42(6)51(62(10)56(67)50(41(4)5)61-55(66)49(58-9)40(2)3)47(70-12)39-48(64)63-23-18-21-46(63)52(71-13)43(7)54(65)60-44(8)53(45-19-16-15-17-20-45)79-57(68)59-22-24-72-27-28-74-31-32-76-35-36-78-38-37-77-34-33-75-30-29-73-26-25-69-11/h15-17,19-20,40-44,46-47,49-53,58H,14,18,21-39H2,1-13H3,(H,59,68)(H,60,65)(H,61,66)/t42-,43+,44+,46-,47+,49-,50-,51-,52+,53+/m0/s1. The summed E-state index contributed by atoms with van der Waals surface area (Å²) >= 11 is 0. The molecule has 0 bridgehead atoms. The van der Waals surface area contributed by atoms with Crippen molar-refractivity contribution in [3.8, 4) is 0 Å². The second-order valence-electron chi connectivity index (χ2n) is 20.6. The number of amides is 5. The van der Waals surface area contributed by atoms with Crippen molar-refractivity contribution in [2.45, 2.75) is 130 Å². The number of likely N-dealkylation sites (N-methyl/N-ethyl adjacent to an activating group) is 2. The quantitative estimate of drug-likeness (QED) is 0.0674. The monoisotopic (exact) mass is 1130 g/mol. The summed E-state index contributed by atoms with van der Waals surface area (Å²) < 4.78 is 61.4. The third-order valence-electron chi connectivity index (χ3n) is 14.1. The van der Waals surface area contributed by atoms with E-state index >= 15 is 0 Å². The summed E-state index contributed by atoms with van der Waals surface area (Å²) in [5.41, 5.74) is 0.687. The number of ether oxygens (including phenoxy) is 11. The van der Waals surface area contributed by atoms with Crippen LogP contribution in [0.25, 0.3) is 0 Å². The highest BCUT2D eigenvalue weighted by atomic mass is 16.6. The van der Waals surface area contributed by atoms with E-state index in [0.717, 1.165) is 0 Å².